The summed E-state index contributed by atoms with van der Waals surface area (Å²) in [4.78, 5) is 32.0. The van der Waals surface area contributed by atoms with E-state index in [0.29, 0.717) is 19.0 Å². The van der Waals surface area contributed by atoms with Crippen LogP contribution in [0.4, 0.5) is 5.69 Å². The molecule has 2 amide bonds. The van der Waals surface area contributed by atoms with Gasteiger partial charge in [-0.2, -0.15) is 0 Å². The molecule has 0 bridgehead atoms. The Hall–Kier alpha value is -2.24. The van der Waals surface area contributed by atoms with Crippen LogP contribution in [0.2, 0.25) is 0 Å². The molecule has 1 saturated carbocycles. The molecule has 6 heteroatoms. The van der Waals surface area contributed by atoms with Gasteiger partial charge in [-0.1, -0.05) is 25.7 Å². The first-order valence-corrected chi connectivity index (χ1v) is 11.1. The first-order valence-electron chi connectivity index (χ1n) is 11.1. The summed E-state index contributed by atoms with van der Waals surface area (Å²) in [5.74, 6) is 1.06. The number of hydrogen-bond donors (Lipinski definition) is 0. The van der Waals surface area contributed by atoms with Crippen molar-refractivity contribution in [2.75, 3.05) is 44.7 Å². The summed E-state index contributed by atoms with van der Waals surface area (Å²) in [5, 5.41) is 0. The van der Waals surface area contributed by atoms with Gasteiger partial charge in [-0.25, -0.2) is 0 Å². The Morgan fingerprint density at radius 1 is 0.966 bits per heavy atom. The largest absolute Gasteiger partial charge is 0.497 e. The highest BCUT2D eigenvalue weighted by Gasteiger charge is 2.39. The average Bonchev–Trinajstić information content (AvgIpc) is 2.97. The van der Waals surface area contributed by atoms with Crippen molar-refractivity contribution in [3.05, 3.63) is 24.3 Å². The Bertz CT molecular complexity index is 705. The van der Waals surface area contributed by atoms with Gasteiger partial charge < -0.3 is 19.4 Å². The molecular weight excluding hydrogens is 366 g/mol. The molecule has 1 aromatic carbocycles. The Balaban J connectivity index is 1.30. The highest BCUT2D eigenvalue weighted by Crippen LogP contribution is 2.29. The van der Waals surface area contributed by atoms with Gasteiger partial charge in [-0.3, -0.25) is 9.59 Å². The van der Waals surface area contributed by atoms with Crippen LogP contribution in [-0.4, -0.2) is 67.5 Å². The van der Waals surface area contributed by atoms with Crippen LogP contribution in [0.15, 0.2) is 24.3 Å². The maximum Gasteiger partial charge on any atom is 0.228 e. The zero-order chi connectivity index (χ0) is 20.2. The number of piperazine rings is 1. The molecule has 0 radical (unpaired) electrons. The van der Waals surface area contributed by atoms with Gasteiger partial charge in [0.15, 0.2) is 0 Å². The van der Waals surface area contributed by atoms with Gasteiger partial charge in [0, 0.05) is 50.9 Å². The summed E-state index contributed by atoms with van der Waals surface area (Å²) in [6, 6.07) is 8.43. The molecule has 2 aliphatic heterocycles. The summed E-state index contributed by atoms with van der Waals surface area (Å²) >= 11 is 0. The van der Waals surface area contributed by atoms with Crippen molar-refractivity contribution in [1.29, 1.82) is 0 Å². The van der Waals surface area contributed by atoms with Crippen LogP contribution >= 0.6 is 0 Å². The highest BCUT2D eigenvalue weighted by molar-refractivity contribution is 5.89. The highest BCUT2D eigenvalue weighted by atomic mass is 16.5. The minimum Gasteiger partial charge on any atom is -0.497 e. The van der Waals surface area contributed by atoms with Crippen molar-refractivity contribution < 1.29 is 14.3 Å². The molecule has 6 nitrogen and oxygen atoms in total. The normalized spacial score (nSPS) is 24.0. The van der Waals surface area contributed by atoms with E-state index in [2.05, 4.69) is 17.0 Å². The Morgan fingerprint density at radius 3 is 2.24 bits per heavy atom. The van der Waals surface area contributed by atoms with Crippen LogP contribution in [0.3, 0.4) is 0 Å². The minimum atomic E-state index is -0.154. The first kappa shape index (κ1) is 20.0. The fourth-order valence-corrected chi connectivity index (χ4v) is 5.06. The summed E-state index contributed by atoms with van der Waals surface area (Å²) in [6.07, 6.45) is 7.58. The molecule has 3 fully saturated rings. The zero-order valence-electron chi connectivity index (χ0n) is 17.5. The number of rotatable bonds is 4. The van der Waals surface area contributed by atoms with E-state index in [1.165, 1.54) is 25.7 Å². The number of anilines is 1. The molecule has 2 saturated heterocycles. The lowest BCUT2D eigenvalue weighted by Crippen LogP contribution is -2.50. The lowest BCUT2D eigenvalue weighted by Gasteiger charge is -2.37. The standard InChI is InChI=1S/C23H33N3O3/c1-29-21-10-8-19(9-11-21)24-12-14-25(15-13-24)23(28)18-16-22(27)26(17-18)20-6-4-2-3-5-7-20/h8-11,18,20H,2-7,12-17H2,1H3. The van der Waals surface area contributed by atoms with Crippen molar-refractivity contribution in [2.45, 2.75) is 51.0 Å². The Kier molecular flexibility index (Phi) is 6.26. The van der Waals surface area contributed by atoms with Gasteiger partial charge in [0.2, 0.25) is 11.8 Å². The third-order valence-corrected chi connectivity index (χ3v) is 6.80. The number of ether oxygens (including phenoxy) is 1. The quantitative estimate of drug-likeness (QED) is 0.731. The number of hydrogen-bond acceptors (Lipinski definition) is 4. The molecule has 1 aromatic rings. The van der Waals surface area contributed by atoms with Crippen molar-refractivity contribution >= 4 is 17.5 Å². The molecule has 1 atom stereocenters. The van der Waals surface area contributed by atoms with Gasteiger partial charge in [0.1, 0.15) is 5.75 Å². The van der Waals surface area contributed by atoms with Gasteiger partial charge in [-0.05, 0) is 37.1 Å². The van der Waals surface area contributed by atoms with E-state index in [1.54, 1.807) is 7.11 Å². The Labute approximate surface area is 173 Å². The molecule has 29 heavy (non-hydrogen) atoms. The smallest absolute Gasteiger partial charge is 0.228 e. The monoisotopic (exact) mass is 399 g/mol. The summed E-state index contributed by atoms with van der Waals surface area (Å²) in [7, 11) is 1.67. The summed E-state index contributed by atoms with van der Waals surface area (Å²) < 4.78 is 5.23. The van der Waals surface area contributed by atoms with Crippen LogP contribution in [0, 0.1) is 5.92 Å². The second kappa shape index (κ2) is 9.06. The van der Waals surface area contributed by atoms with E-state index in [-0.39, 0.29) is 17.7 Å². The molecule has 3 aliphatic rings. The second-order valence-electron chi connectivity index (χ2n) is 8.60. The lowest BCUT2D eigenvalue weighted by molar-refractivity contribution is -0.136. The van der Waals surface area contributed by atoms with E-state index in [0.717, 1.165) is 50.5 Å². The molecular formula is C23H33N3O3. The number of amides is 2. The molecule has 0 N–H and O–H groups in total. The maximum absolute atomic E-state index is 13.1. The van der Waals surface area contributed by atoms with Crippen LogP contribution in [0.1, 0.15) is 44.9 Å². The number of benzene rings is 1. The minimum absolute atomic E-state index is 0.154. The van der Waals surface area contributed by atoms with Crippen LogP contribution in [-0.2, 0) is 9.59 Å². The van der Waals surface area contributed by atoms with Gasteiger partial charge >= 0.3 is 0 Å². The molecule has 2 heterocycles. The van der Waals surface area contributed by atoms with Crippen molar-refractivity contribution in [3.8, 4) is 5.75 Å². The first-order chi connectivity index (χ1) is 14.2. The summed E-state index contributed by atoms with van der Waals surface area (Å²) in [6.45, 7) is 3.72. The maximum atomic E-state index is 13.1. The average molecular weight is 400 g/mol. The zero-order valence-corrected chi connectivity index (χ0v) is 17.5. The lowest BCUT2D eigenvalue weighted by atomic mass is 10.1. The Morgan fingerprint density at radius 2 is 1.62 bits per heavy atom. The number of carbonyl (C=O) groups excluding carboxylic acids is 2. The van der Waals surface area contributed by atoms with Crippen LogP contribution in [0.5, 0.6) is 5.75 Å². The molecule has 0 aromatic heterocycles. The molecule has 4 rings (SSSR count). The second-order valence-corrected chi connectivity index (χ2v) is 8.60. The van der Waals surface area contributed by atoms with Crippen molar-refractivity contribution in [2.24, 2.45) is 5.92 Å². The third-order valence-electron chi connectivity index (χ3n) is 6.80. The fourth-order valence-electron chi connectivity index (χ4n) is 5.06. The van der Waals surface area contributed by atoms with E-state index in [1.807, 2.05) is 21.9 Å². The van der Waals surface area contributed by atoms with Crippen molar-refractivity contribution in [1.82, 2.24) is 9.80 Å². The molecule has 158 valence electrons. The topological polar surface area (TPSA) is 53.1 Å². The van der Waals surface area contributed by atoms with Gasteiger partial charge in [0.25, 0.3) is 0 Å². The summed E-state index contributed by atoms with van der Waals surface area (Å²) in [5.41, 5.74) is 1.16. The van der Waals surface area contributed by atoms with E-state index in [9.17, 15) is 9.59 Å². The van der Waals surface area contributed by atoms with Crippen molar-refractivity contribution in [3.63, 3.8) is 0 Å². The van der Waals surface area contributed by atoms with Gasteiger partial charge in [-0.15, -0.1) is 0 Å². The third kappa shape index (κ3) is 4.51. The SMILES string of the molecule is COc1ccc(N2CCN(C(=O)C3CC(=O)N(C4CCCCCC4)C3)CC2)cc1. The van der Waals surface area contributed by atoms with Crippen LogP contribution in [0.25, 0.3) is 0 Å². The van der Waals surface area contributed by atoms with E-state index >= 15 is 0 Å². The molecule has 0 spiro atoms. The van der Waals surface area contributed by atoms with E-state index in [4.69, 9.17) is 4.74 Å². The molecule has 1 unspecified atom stereocenters. The van der Waals surface area contributed by atoms with Gasteiger partial charge in [0.05, 0.1) is 13.0 Å². The predicted octanol–water partition coefficient (Wildman–Crippen LogP) is 2.92. The number of likely N-dealkylation sites (tertiary alicyclic amines) is 1. The molecule has 1 aliphatic carbocycles. The number of methoxy groups -OCH3 is 1. The number of nitrogens with zero attached hydrogens (tertiary/aromatic N) is 3. The van der Waals surface area contributed by atoms with Crippen LogP contribution < -0.4 is 9.64 Å². The van der Waals surface area contributed by atoms with E-state index < -0.39 is 0 Å². The predicted molar refractivity (Wildman–Crippen MR) is 113 cm³/mol. The fraction of sp³-hybridized carbons (Fsp3) is 0.652. The number of carbonyl (C=O) groups is 2.